The van der Waals surface area contributed by atoms with Gasteiger partial charge in [0.2, 0.25) is 0 Å². The second kappa shape index (κ2) is 5.48. The van der Waals surface area contributed by atoms with Gasteiger partial charge < -0.3 is 5.32 Å². The van der Waals surface area contributed by atoms with Gasteiger partial charge >= 0.3 is 0 Å². The molecule has 15 heavy (non-hydrogen) atoms. The minimum atomic E-state index is 0.627. The maximum Gasteiger partial charge on any atom is 0.0624 e. The van der Waals surface area contributed by atoms with Gasteiger partial charge in [0.05, 0.1) is 12.2 Å². The summed E-state index contributed by atoms with van der Waals surface area (Å²) < 4.78 is 0. The zero-order valence-electron chi connectivity index (χ0n) is 9.41. The van der Waals surface area contributed by atoms with E-state index in [-0.39, 0.29) is 0 Å². The summed E-state index contributed by atoms with van der Waals surface area (Å²) in [4.78, 5) is 2.58. The Labute approximate surface area is 92.4 Å². The van der Waals surface area contributed by atoms with E-state index >= 15 is 0 Å². The van der Waals surface area contributed by atoms with E-state index in [1.165, 1.54) is 51.7 Å². The van der Waals surface area contributed by atoms with Crippen LogP contribution in [0.25, 0.3) is 0 Å². The third-order valence-electron chi connectivity index (χ3n) is 3.75. The second-order valence-electron chi connectivity index (χ2n) is 4.81. The first kappa shape index (κ1) is 10.9. The zero-order valence-corrected chi connectivity index (χ0v) is 9.41. The summed E-state index contributed by atoms with van der Waals surface area (Å²) in [7, 11) is 0. The van der Waals surface area contributed by atoms with Crippen molar-refractivity contribution in [1.29, 1.82) is 5.26 Å². The first-order valence-electron chi connectivity index (χ1n) is 6.24. The predicted molar refractivity (Wildman–Crippen MR) is 60.2 cm³/mol. The van der Waals surface area contributed by atoms with Gasteiger partial charge in [0.25, 0.3) is 0 Å². The van der Waals surface area contributed by atoms with E-state index in [0.29, 0.717) is 12.1 Å². The molecule has 0 bridgehead atoms. The molecule has 2 aliphatic rings. The third-order valence-corrected chi connectivity index (χ3v) is 3.75. The molecule has 0 spiro atoms. The van der Waals surface area contributed by atoms with Gasteiger partial charge in [-0.1, -0.05) is 0 Å². The van der Waals surface area contributed by atoms with E-state index in [9.17, 15) is 0 Å². The molecule has 0 saturated carbocycles. The van der Waals surface area contributed by atoms with Crippen LogP contribution in [0.5, 0.6) is 0 Å². The van der Waals surface area contributed by atoms with E-state index in [4.69, 9.17) is 5.26 Å². The Kier molecular flexibility index (Phi) is 3.99. The summed E-state index contributed by atoms with van der Waals surface area (Å²) in [6, 6.07) is 2.30. The summed E-state index contributed by atoms with van der Waals surface area (Å²) in [5.74, 6) is 0.662. The second-order valence-corrected chi connectivity index (χ2v) is 4.81. The molecular formula is C12H21N3. The fourth-order valence-corrected chi connectivity index (χ4v) is 2.74. The molecule has 2 saturated heterocycles. The monoisotopic (exact) mass is 207 g/mol. The van der Waals surface area contributed by atoms with Crippen LogP contribution in [0.1, 0.15) is 38.5 Å². The molecule has 0 radical (unpaired) electrons. The van der Waals surface area contributed by atoms with Crippen molar-refractivity contribution in [1.82, 2.24) is 10.2 Å². The standard InChI is InChI=1S/C12H21N3/c13-7-4-11-5-9-15(10-6-11)12-3-1-2-8-14-12/h11-12,14H,1-6,8-10H2. The van der Waals surface area contributed by atoms with Gasteiger partial charge in [-0.2, -0.15) is 5.26 Å². The number of hydrogen-bond acceptors (Lipinski definition) is 3. The van der Waals surface area contributed by atoms with Gasteiger partial charge in [0, 0.05) is 6.42 Å². The summed E-state index contributed by atoms with van der Waals surface area (Å²) in [6.45, 7) is 3.55. The van der Waals surface area contributed by atoms with Gasteiger partial charge in [-0.15, -0.1) is 0 Å². The third kappa shape index (κ3) is 2.93. The maximum atomic E-state index is 8.66. The zero-order chi connectivity index (χ0) is 10.5. The molecule has 1 atom stereocenters. The first-order valence-corrected chi connectivity index (χ1v) is 6.24. The van der Waals surface area contributed by atoms with Crippen LogP contribution < -0.4 is 5.32 Å². The first-order chi connectivity index (χ1) is 7.40. The average Bonchev–Trinajstić information content (AvgIpc) is 2.32. The molecule has 2 fully saturated rings. The van der Waals surface area contributed by atoms with E-state index < -0.39 is 0 Å². The molecule has 3 heteroatoms. The fourth-order valence-electron chi connectivity index (χ4n) is 2.74. The van der Waals surface area contributed by atoms with Gasteiger partial charge in [0.1, 0.15) is 0 Å². The van der Waals surface area contributed by atoms with Crippen LogP contribution in [-0.4, -0.2) is 30.7 Å². The van der Waals surface area contributed by atoms with Crippen molar-refractivity contribution in [2.75, 3.05) is 19.6 Å². The van der Waals surface area contributed by atoms with Crippen molar-refractivity contribution in [3.63, 3.8) is 0 Å². The Morgan fingerprint density at radius 1 is 1.20 bits per heavy atom. The minimum Gasteiger partial charge on any atom is -0.302 e. The number of piperidine rings is 2. The van der Waals surface area contributed by atoms with E-state index in [1.54, 1.807) is 0 Å². The van der Waals surface area contributed by atoms with Crippen LogP contribution in [0.15, 0.2) is 0 Å². The Balaban J connectivity index is 1.75. The molecule has 2 aliphatic heterocycles. The number of nitriles is 1. The molecule has 2 heterocycles. The molecule has 1 unspecified atom stereocenters. The molecule has 0 aromatic heterocycles. The molecule has 0 amide bonds. The highest BCUT2D eigenvalue weighted by Crippen LogP contribution is 2.23. The Morgan fingerprint density at radius 3 is 2.60 bits per heavy atom. The van der Waals surface area contributed by atoms with Gasteiger partial charge in [-0.3, -0.25) is 4.90 Å². The number of nitrogens with zero attached hydrogens (tertiary/aromatic N) is 2. The maximum absolute atomic E-state index is 8.66. The molecule has 3 nitrogen and oxygen atoms in total. The number of rotatable bonds is 2. The van der Waals surface area contributed by atoms with Crippen molar-refractivity contribution in [3.05, 3.63) is 0 Å². The average molecular weight is 207 g/mol. The smallest absolute Gasteiger partial charge is 0.0624 e. The lowest BCUT2D eigenvalue weighted by Crippen LogP contribution is -2.51. The highest BCUT2D eigenvalue weighted by Gasteiger charge is 2.25. The molecule has 0 aromatic rings. The molecule has 0 aromatic carbocycles. The highest BCUT2D eigenvalue weighted by molar-refractivity contribution is 4.83. The van der Waals surface area contributed by atoms with Gasteiger partial charge in [0.15, 0.2) is 0 Å². The molecule has 2 rings (SSSR count). The molecule has 84 valence electrons. The lowest BCUT2D eigenvalue weighted by atomic mass is 9.93. The summed E-state index contributed by atoms with van der Waals surface area (Å²) in [6.07, 6.45) is 7.82. The lowest BCUT2D eigenvalue weighted by Gasteiger charge is -2.39. The Morgan fingerprint density at radius 2 is 2.00 bits per heavy atom. The molecular weight excluding hydrogens is 186 g/mol. The topological polar surface area (TPSA) is 39.1 Å². The van der Waals surface area contributed by atoms with Crippen molar-refractivity contribution in [2.45, 2.75) is 44.7 Å². The molecule has 1 N–H and O–H groups in total. The van der Waals surface area contributed by atoms with Gasteiger partial charge in [-0.05, 0) is 57.7 Å². The summed E-state index contributed by atoms with van der Waals surface area (Å²) in [5, 5.41) is 12.3. The highest BCUT2D eigenvalue weighted by atomic mass is 15.3. The number of likely N-dealkylation sites (tertiary alicyclic amines) is 1. The number of hydrogen-bond donors (Lipinski definition) is 1. The van der Waals surface area contributed by atoms with E-state index in [1.807, 2.05) is 0 Å². The normalized spacial score (nSPS) is 29.9. The van der Waals surface area contributed by atoms with Crippen molar-refractivity contribution < 1.29 is 0 Å². The Hall–Kier alpha value is -0.590. The lowest BCUT2D eigenvalue weighted by molar-refractivity contribution is 0.0938. The van der Waals surface area contributed by atoms with Crippen LogP contribution >= 0.6 is 0 Å². The van der Waals surface area contributed by atoms with Crippen LogP contribution in [0.4, 0.5) is 0 Å². The van der Waals surface area contributed by atoms with Crippen LogP contribution in [-0.2, 0) is 0 Å². The Bertz CT molecular complexity index is 220. The van der Waals surface area contributed by atoms with Crippen LogP contribution in [0.3, 0.4) is 0 Å². The number of nitrogens with one attached hydrogen (secondary N) is 1. The fraction of sp³-hybridized carbons (Fsp3) is 0.917. The van der Waals surface area contributed by atoms with Crippen molar-refractivity contribution in [2.24, 2.45) is 5.92 Å². The van der Waals surface area contributed by atoms with E-state index in [2.05, 4.69) is 16.3 Å². The van der Waals surface area contributed by atoms with Crippen LogP contribution in [0.2, 0.25) is 0 Å². The van der Waals surface area contributed by atoms with E-state index in [0.717, 1.165) is 6.42 Å². The van der Waals surface area contributed by atoms with Gasteiger partial charge in [-0.25, -0.2) is 0 Å². The van der Waals surface area contributed by atoms with Crippen molar-refractivity contribution in [3.8, 4) is 6.07 Å². The quantitative estimate of drug-likeness (QED) is 0.749. The van der Waals surface area contributed by atoms with Crippen molar-refractivity contribution >= 4 is 0 Å². The SMILES string of the molecule is N#CCC1CCN(C2CCCCN2)CC1. The minimum absolute atomic E-state index is 0.627. The largest absolute Gasteiger partial charge is 0.302 e. The van der Waals surface area contributed by atoms with Crippen LogP contribution in [0, 0.1) is 17.2 Å². The summed E-state index contributed by atoms with van der Waals surface area (Å²) >= 11 is 0. The summed E-state index contributed by atoms with van der Waals surface area (Å²) in [5.41, 5.74) is 0. The predicted octanol–water partition coefficient (Wildman–Crippen LogP) is 1.71. The molecule has 0 aliphatic carbocycles.